The molecule has 2 aliphatic rings. The molecular weight excluding hydrogens is 460 g/mol. The highest BCUT2D eigenvalue weighted by Crippen LogP contribution is 2.58. The van der Waals surface area contributed by atoms with E-state index in [-0.39, 0.29) is 44.7 Å². The average Bonchev–Trinajstić information content (AvgIpc) is 3.15. The SMILES string of the molecule is O=C(O)c1ccc2c(c1)C1C(Cl)C(Sc3ccccc3[N+](=O)[O-])CC1C(c1ccccc1)N2. The Bertz CT molecular complexity index is 1220. The minimum atomic E-state index is -0.977. The van der Waals surface area contributed by atoms with Gasteiger partial charge >= 0.3 is 5.97 Å². The summed E-state index contributed by atoms with van der Waals surface area (Å²) in [4.78, 5) is 23.4. The molecule has 0 amide bonds. The van der Waals surface area contributed by atoms with Crippen molar-refractivity contribution in [3.05, 3.63) is 99.6 Å². The molecule has 2 N–H and O–H groups in total. The Balaban J connectivity index is 1.55. The smallest absolute Gasteiger partial charge is 0.335 e. The molecule has 33 heavy (non-hydrogen) atoms. The fraction of sp³-hybridized carbons (Fsp3) is 0.240. The van der Waals surface area contributed by atoms with Crippen molar-refractivity contribution in [3.63, 3.8) is 0 Å². The molecule has 0 radical (unpaired) electrons. The van der Waals surface area contributed by atoms with Gasteiger partial charge in [0.05, 0.1) is 26.8 Å². The molecule has 6 nitrogen and oxygen atoms in total. The molecule has 0 saturated heterocycles. The number of thioether (sulfide) groups is 1. The normalized spacial score (nSPS) is 25.5. The van der Waals surface area contributed by atoms with Crippen LogP contribution >= 0.6 is 23.4 Å². The number of benzene rings is 3. The molecule has 1 aliphatic carbocycles. The summed E-state index contributed by atoms with van der Waals surface area (Å²) in [6.07, 6.45) is 0.749. The Labute approximate surface area is 200 Å². The molecule has 168 valence electrons. The van der Waals surface area contributed by atoms with Crippen molar-refractivity contribution in [2.75, 3.05) is 5.32 Å². The Morgan fingerprint density at radius 1 is 1.09 bits per heavy atom. The molecule has 1 saturated carbocycles. The minimum Gasteiger partial charge on any atom is -0.478 e. The molecule has 0 aromatic heterocycles. The lowest BCUT2D eigenvalue weighted by Gasteiger charge is -2.38. The maximum absolute atomic E-state index is 11.6. The van der Waals surface area contributed by atoms with Crippen molar-refractivity contribution >= 4 is 40.7 Å². The highest BCUT2D eigenvalue weighted by molar-refractivity contribution is 8.00. The first-order chi connectivity index (χ1) is 15.9. The van der Waals surface area contributed by atoms with E-state index in [2.05, 4.69) is 17.4 Å². The molecule has 3 aromatic carbocycles. The maximum atomic E-state index is 11.6. The first-order valence-corrected chi connectivity index (χ1v) is 12.0. The number of carboxylic acid groups (broad SMARTS) is 1. The number of nitrogens with zero attached hydrogens (tertiary/aromatic N) is 1. The van der Waals surface area contributed by atoms with Crippen molar-refractivity contribution in [1.29, 1.82) is 0 Å². The van der Waals surface area contributed by atoms with E-state index in [9.17, 15) is 20.0 Å². The van der Waals surface area contributed by atoms with Crippen LogP contribution in [0.2, 0.25) is 0 Å². The van der Waals surface area contributed by atoms with Crippen LogP contribution in [0.15, 0.2) is 77.7 Å². The lowest BCUT2D eigenvalue weighted by atomic mass is 9.77. The monoisotopic (exact) mass is 480 g/mol. The van der Waals surface area contributed by atoms with Gasteiger partial charge in [-0.25, -0.2) is 4.79 Å². The van der Waals surface area contributed by atoms with Gasteiger partial charge in [0.15, 0.2) is 0 Å². The summed E-state index contributed by atoms with van der Waals surface area (Å²) in [5.74, 6) is -0.936. The van der Waals surface area contributed by atoms with E-state index in [1.54, 1.807) is 30.3 Å². The molecule has 3 aromatic rings. The second-order valence-corrected chi connectivity index (χ2v) is 10.2. The van der Waals surface area contributed by atoms with Crippen LogP contribution in [0, 0.1) is 16.0 Å². The van der Waals surface area contributed by atoms with Gasteiger partial charge in [-0.2, -0.15) is 0 Å². The van der Waals surface area contributed by atoms with Crippen LogP contribution in [-0.4, -0.2) is 26.6 Å². The second-order valence-electron chi connectivity index (χ2n) is 8.39. The van der Waals surface area contributed by atoms with Crippen molar-refractivity contribution in [3.8, 4) is 0 Å². The van der Waals surface area contributed by atoms with Crippen molar-refractivity contribution in [1.82, 2.24) is 0 Å². The van der Waals surface area contributed by atoms with Crippen LogP contribution in [0.1, 0.15) is 39.9 Å². The molecule has 1 aliphatic heterocycles. The van der Waals surface area contributed by atoms with Crippen molar-refractivity contribution in [2.24, 2.45) is 5.92 Å². The fourth-order valence-electron chi connectivity index (χ4n) is 5.11. The molecule has 0 spiro atoms. The summed E-state index contributed by atoms with van der Waals surface area (Å²) in [5, 5.41) is 24.3. The number of hydrogen-bond donors (Lipinski definition) is 2. The number of nitrogens with one attached hydrogen (secondary N) is 1. The summed E-state index contributed by atoms with van der Waals surface area (Å²) < 4.78 is 0. The zero-order valence-electron chi connectivity index (χ0n) is 17.4. The van der Waals surface area contributed by atoms with Crippen LogP contribution in [0.4, 0.5) is 11.4 Å². The molecule has 5 unspecified atom stereocenters. The van der Waals surface area contributed by atoms with Crippen LogP contribution in [-0.2, 0) is 0 Å². The minimum absolute atomic E-state index is 0.0111. The van der Waals surface area contributed by atoms with Gasteiger partial charge in [-0.3, -0.25) is 10.1 Å². The molecule has 1 heterocycles. The zero-order chi connectivity index (χ0) is 23.1. The van der Waals surface area contributed by atoms with E-state index < -0.39 is 5.97 Å². The number of alkyl halides is 1. The number of hydrogen-bond acceptors (Lipinski definition) is 5. The van der Waals surface area contributed by atoms with E-state index >= 15 is 0 Å². The molecule has 1 fully saturated rings. The first kappa shape index (κ1) is 21.8. The van der Waals surface area contributed by atoms with Crippen LogP contribution in [0.3, 0.4) is 0 Å². The van der Waals surface area contributed by atoms with E-state index in [0.717, 1.165) is 23.2 Å². The molecular formula is C25H21ClN2O4S. The average molecular weight is 481 g/mol. The van der Waals surface area contributed by atoms with Crippen LogP contribution in [0.5, 0.6) is 0 Å². The van der Waals surface area contributed by atoms with Gasteiger partial charge in [-0.1, -0.05) is 42.5 Å². The summed E-state index contributed by atoms with van der Waals surface area (Å²) in [6.45, 7) is 0. The number of nitro benzene ring substituents is 1. The van der Waals surface area contributed by atoms with Crippen LogP contribution in [0.25, 0.3) is 0 Å². The Hall–Kier alpha value is -3.03. The highest BCUT2D eigenvalue weighted by atomic mass is 35.5. The number of carbonyl (C=O) groups is 1. The summed E-state index contributed by atoms with van der Waals surface area (Å²) >= 11 is 8.53. The standard InChI is InChI=1S/C25H21ClN2O4S/c26-23-21(33-20-9-5-4-8-19(20)28(31)32)13-17-22(23)16-12-15(25(29)30)10-11-18(16)27-24(17)14-6-2-1-3-7-14/h1-12,17,21-24,27H,13H2,(H,29,30). The number of fused-ring (bicyclic) bond motifs is 3. The van der Waals surface area contributed by atoms with Gasteiger partial charge in [0, 0.05) is 22.9 Å². The first-order valence-electron chi connectivity index (χ1n) is 10.7. The predicted molar refractivity (Wildman–Crippen MR) is 129 cm³/mol. The fourth-order valence-corrected chi connectivity index (χ4v) is 7.05. The number of halogens is 1. The zero-order valence-corrected chi connectivity index (χ0v) is 19.0. The van der Waals surface area contributed by atoms with E-state index in [1.165, 1.54) is 17.8 Å². The second kappa shape index (κ2) is 8.72. The third-order valence-corrected chi connectivity index (χ3v) is 8.67. The lowest BCUT2D eigenvalue weighted by Crippen LogP contribution is -2.31. The number of nitro groups is 1. The number of anilines is 1. The summed E-state index contributed by atoms with van der Waals surface area (Å²) in [5.41, 5.74) is 3.23. The Morgan fingerprint density at radius 2 is 1.82 bits per heavy atom. The number of carboxylic acids is 1. The van der Waals surface area contributed by atoms with Gasteiger partial charge in [0.2, 0.25) is 0 Å². The third kappa shape index (κ3) is 3.96. The number of aromatic carboxylic acids is 1. The Kier molecular flexibility index (Phi) is 5.76. The van der Waals surface area contributed by atoms with E-state index in [0.29, 0.717) is 4.90 Å². The molecule has 5 rings (SSSR count). The number of rotatable bonds is 5. The van der Waals surface area contributed by atoms with Gasteiger partial charge < -0.3 is 10.4 Å². The Morgan fingerprint density at radius 3 is 2.55 bits per heavy atom. The topological polar surface area (TPSA) is 92.5 Å². The van der Waals surface area contributed by atoms with Crippen molar-refractivity contribution < 1.29 is 14.8 Å². The predicted octanol–water partition coefficient (Wildman–Crippen LogP) is 6.33. The largest absolute Gasteiger partial charge is 0.478 e. The molecule has 5 atom stereocenters. The van der Waals surface area contributed by atoms with E-state index in [4.69, 9.17) is 11.6 Å². The molecule has 0 bridgehead atoms. The van der Waals surface area contributed by atoms with E-state index in [1.807, 2.05) is 24.3 Å². The lowest BCUT2D eigenvalue weighted by molar-refractivity contribution is -0.387. The van der Waals surface area contributed by atoms with Gasteiger partial charge in [-0.15, -0.1) is 23.4 Å². The number of para-hydroxylation sites is 1. The third-order valence-electron chi connectivity index (χ3n) is 6.56. The van der Waals surface area contributed by atoms with Gasteiger partial charge in [-0.05, 0) is 47.7 Å². The quantitative estimate of drug-likeness (QED) is 0.252. The van der Waals surface area contributed by atoms with Gasteiger partial charge in [0.25, 0.3) is 5.69 Å². The maximum Gasteiger partial charge on any atom is 0.335 e. The summed E-state index contributed by atoms with van der Waals surface area (Å²) in [7, 11) is 0. The highest BCUT2D eigenvalue weighted by Gasteiger charge is 2.50. The van der Waals surface area contributed by atoms with Gasteiger partial charge in [0.1, 0.15) is 0 Å². The molecule has 8 heteroatoms. The van der Waals surface area contributed by atoms with Crippen molar-refractivity contribution in [2.45, 2.75) is 33.9 Å². The summed E-state index contributed by atoms with van der Waals surface area (Å²) in [6, 6.07) is 22.0. The van der Waals surface area contributed by atoms with Crippen LogP contribution < -0.4 is 5.32 Å².